The summed E-state index contributed by atoms with van der Waals surface area (Å²) in [5.41, 5.74) is 2.73. The zero-order chi connectivity index (χ0) is 19.9. The molecule has 0 aliphatic heterocycles. The van der Waals surface area contributed by atoms with E-state index in [-0.39, 0.29) is 12.0 Å². The highest BCUT2D eigenvalue weighted by molar-refractivity contribution is 5.92. The largest absolute Gasteiger partial charge is 0.491 e. The molecule has 1 amide bonds. The Morgan fingerprint density at radius 3 is 2.61 bits per heavy atom. The Bertz CT molecular complexity index is 927. The molecule has 0 saturated carbocycles. The van der Waals surface area contributed by atoms with Crippen LogP contribution in [0.15, 0.2) is 54.9 Å². The third-order valence-electron chi connectivity index (χ3n) is 3.74. The van der Waals surface area contributed by atoms with Crippen LogP contribution in [-0.2, 0) is 6.54 Å². The number of benzene rings is 1. The van der Waals surface area contributed by atoms with Crippen LogP contribution in [0.4, 0.5) is 11.6 Å². The SMILES string of the molecule is Cc1cc(C(=O)NCc2cccnc2)nc(Nc2ccc(OC(C)C)cc2)n1. The van der Waals surface area contributed by atoms with E-state index in [0.717, 1.165) is 17.0 Å². The lowest BCUT2D eigenvalue weighted by Crippen LogP contribution is -2.24. The van der Waals surface area contributed by atoms with Gasteiger partial charge in [-0.15, -0.1) is 0 Å². The molecular weight excluding hydrogens is 354 g/mol. The Morgan fingerprint density at radius 1 is 1.14 bits per heavy atom. The molecule has 2 aromatic heterocycles. The van der Waals surface area contributed by atoms with Gasteiger partial charge in [0.25, 0.3) is 5.91 Å². The maximum Gasteiger partial charge on any atom is 0.270 e. The summed E-state index contributed by atoms with van der Waals surface area (Å²) in [5, 5.41) is 5.97. The van der Waals surface area contributed by atoms with Crippen molar-refractivity contribution in [3.05, 3.63) is 71.8 Å². The van der Waals surface area contributed by atoms with Crippen molar-refractivity contribution >= 4 is 17.5 Å². The number of hydrogen-bond donors (Lipinski definition) is 2. The summed E-state index contributed by atoms with van der Waals surface area (Å²) in [4.78, 5) is 25.2. The molecule has 0 fully saturated rings. The molecule has 3 rings (SSSR count). The Balaban J connectivity index is 1.67. The monoisotopic (exact) mass is 377 g/mol. The summed E-state index contributed by atoms with van der Waals surface area (Å²) in [7, 11) is 0. The topological polar surface area (TPSA) is 89.0 Å². The van der Waals surface area contributed by atoms with Crippen LogP contribution in [0.25, 0.3) is 0 Å². The van der Waals surface area contributed by atoms with E-state index in [1.54, 1.807) is 18.5 Å². The van der Waals surface area contributed by atoms with Gasteiger partial charge in [-0.2, -0.15) is 0 Å². The first-order valence-electron chi connectivity index (χ1n) is 9.06. The quantitative estimate of drug-likeness (QED) is 0.653. The van der Waals surface area contributed by atoms with Crippen LogP contribution in [-0.4, -0.2) is 27.0 Å². The second-order valence-corrected chi connectivity index (χ2v) is 6.58. The number of nitrogens with one attached hydrogen (secondary N) is 2. The van der Waals surface area contributed by atoms with E-state index in [2.05, 4.69) is 25.6 Å². The highest BCUT2D eigenvalue weighted by Gasteiger charge is 2.11. The predicted molar refractivity (Wildman–Crippen MR) is 108 cm³/mol. The van der Waals surface area contributed by atoms with Crippen LogP contribution in [0.3, 0.4) is 0 Å². The van der Waals surface area contributed by atoms with E-state index in [4.69, 9.17) is 4.74 Å². The van der Waals surface area contributed by atoms with Gasteiger partial charge in [-0.1, -0.05) is 6.07 Å². The van der Waals surface area contributed by atoms with Gasteiger partial charge in [0.05, 0.1) is 6.10 Å². The fraction of sp³-hybridized carbons (Fsp3) is 0.238. The van der Waals surface area contributed by atoms with Crippen molar-refractivity contribution in [2.45, 2.75) is 33.4 Å². The number of nitrogens with zero attached hydrogens (tertiary/aromatic N) is 3. The van der Waals surface area contributed by atoms with Crippen molar-refractivity contribution in [2.75, 3.05) is 5.32 Å². The molecule has 0 spiro atoms. The second-order valence-electron chi connectivity index (χ2n) is 6.58. The molecule has 0 atom stereocenters. The molecule has 7 heteroatoms. The average Bonchev–Trinajstić information content (AvgIpc) is 2.67. The Labute approximate surface area is 164 Å². The van der Waals surface area contributed by atoms with Crippen LogP contribution >= 0.6 is 0 Å². The van der Waals surface area contributed by atoms with E-state index in [1.165, 1.54) is 0 Å². The maximum atomic E-state index is 12.5. The molecule has 0 bridgehead atoms. The number of rotatable bonds is 7. The second kappa shape index (κ2) is 8.94. The highest BCUT2D eigenvalue weighted by atomic mass is 16.5. The molecule has 2 heterocycles. The van der Waals surface area contributed by atoms with Crippen molar-refractivity contribution in [1.29, 1.82) is 0 Å². The van der Waals surface area contributed by atoms with Crippen LogP contribution in [0.2, 0.25) is 0 Å². The molecule has 2 N–H and O–H groups in total. The van der Waals surface area contributed by atoms with Gasteiger partial charge in [0.15, 0.2) is 0 Å². The number of hydrogen-bond acceptors (Lipinski definition) is 6. The number of aryl methyl sites for hydroxylation is 1. The van der Waals surface area contributed by atoms with Crippen LogP contribution < -0.4 is 15.4 Å². The van der Waals surface area contributed by atoms with E-state index in [0.29, 0.717) is 23.9 Å². The summed E-state index contributed by atoms with van der Waals surface area (Å²) in [6.45, 7) is 6.17. The minimum atomic E-state index is -0.266. The van der Waals surface area contributed by atoms with Gasteiger partial charge in [0, 0.05) is 30.3 Å². The molecule has 0 unspecified atom stereocenters. The number of carbonyl (C=O) groups is 1. The van der Waals surface area contributed by atoms with Crippen molar-refractivity contribution < 1.29 is 9.53 Å². The number of anilines is 2. The van der Waals surface area contributed by atoms with Crippen molar-refractivity contribution in [3.63, 3.8) is 0 Å². The minimum Gasteiger partial charge on any atom is -0.491 e. The fourth-order valence-electron chi connectivity index (χ4n) is 2.53. The summed E-state index contributed by atoms with van der Waals surface area (Å²) >= 11 is 0. The molecule has 144 valence electrons. The molecular formula is C21H23N5O2. The first kappa shape index (κ1) is 19.3. The van der Waals surface area contributed by atoms with E-state index in [9.17, 15) is 4.79 Å². The molecule has 1 aromatic carbocycles. The summed E-state index contributed by atoms with van der Waals surface area (Å²) in [6.07, 6.45) is 3.52. The summed E-state index contributed by atoms with van der Waals surface area (Å²) < 4.78 is 5.64. The zero-order valence-corrected chi connectivity index (χ0v) is 16.1. The number of carbonyl (C=O) groups excluding carboxylic acids is 1. The molecule has 28 heavy (non-hydrogen) atoms. The number of pyridine rings is 1. The normalized spacial score (nSPS) is 10.6. The zero-order valence-electron chi connectivity index (χ0n) is 16.1. The van der Waals surface area contributed by atoms with Crippen molar-refractivity contribution in [3.8, 4) is 5.75 Å². The summed E-state index contributed by atoms with van der Waals surface area (Å²) in [5.74, 6) is 0.892. The molecule has 0 aliphatic rings. The lowest BCUT2D eigenvalue weighted by Gasteiger charge is -2.11. The number of ether oxygens (including phenoxy) is 1. The maximum absolute atomic E-state index is 12.5. The molecule has 0 radical (unpaired) electrons. The molecule has 0 saturated heterocycles. The number of aromatic nitrogens is 3. The lowest BCUT2D eigenvalue weighted by molar-refractivity contribution is 0.0945. The molecule has 7 nitrogen and oxygen atoms in total. The predicted octanol–water partition coefficient (Wildman–Crippen LogP) is 3.64. The van der Waals surface area contributed by atoms with Gasteiger partial charge in [0.2, 0.25) is 5.95 Å². The Morgan fingerprint density at radius 2 is 1.93 bits per heavy atom. The van der Waals surface area contributed by atoms with Gasteiger partial charge in [0.1, 0.15) is 11.4 Å². The van der Waals surface area contributed by atoms with E-state index >= 15 is 0 Å². The van der Waals surface area contributed by atoms with Gasteiger partial charge in [-0.05, 0) is 62.7 Å². The van der Waals surface area contributed by atoms with E-state index in [1.807, 2.05) is 57.2 Å². The average molecular weight is 377 g/mol. The van der Waals surface area contributed by atoms with Gasteiger partial charge in [-0.3, -0.25) is 9.78 Å². The molecule has 0 aliphatic carbocycles. The third kappa shape index (κ3) is 5.51. The first-order chi connectivity index (χ1) is 13.5. The minimum absolute atomic E-state index is 0.117. The third-order valence-corrected chi connectivity index (χ3v) is 3.74. The van der Waals surface area contributed by atoms with Gasteiger partial charge < -0.3 is 15.4 Å². The van der Waals surface area contributed by atoms with Crippen LogP contribution in [0.5, 0.6) is 5.75 Å². The van der Waals surface area contributed by atoms with Crippen LogP contribution in [0, 0.1) is 6.92 Å². The van der Waals surface area contributed by atoms with Crippen molar-refractivity contribution in [2.24, 2.45) is 0 Å². The molecule has 3 aromatic rings. The summed E-state index contributed by atoms with van der Waals surface area (Å²) in [6, 6.07) is 12.9. The van der Waals surface area contributed by atoms with E-state index < -0.39 is 0 Å². The smallest absolute Gasteiger partial charge is 0.270 e. The first-order valence-corrected chi connectivity index (χ1v) is 9.06. The highest BCUT2D eigenvalue weighted by Crippen LogP contribution is 2.19. The number of amides is 1. The fourth-order valence-corrected chi connectivity index (χ4v) is 2.53. The van der Waals surface area contributed by atoms with Crippen LogP contribution in [0.1, 0.15) is 35.6 Å². The van der Waals surface area contributed by atoms with Gasteiger partial charge in [-0.25, -0.2) is 9.97 Å². The lowest BCUT2D eigenvalue weighted by atomic mass is 10.2. The van der Waals surface area contributed by atoms with Gasteiger partial charge >= 0.3 is 0 Å². The Hall–Kier alpha value is -3.48. The standard InChI is InChI=1S/C21H23N5O2/c1-14(2)28-18-8-6-17(7-9-18)25-21-24-15(3)11-19(26-21)20(27)23-13-16-5-4-10-22-12-16/h4-12,14H,13H2,1-3H3,(H,23,27)(H,24,25,26). The Kier molecular flexibility index (Phi) is 6.16. The van der Waals surface area contributed by atoms with Crippen molar-refractivity contribution in [1.82, 2.24) is 20.3 Å².